The first kappa shape index (κ1) is 28.2. The molecular weight excluding hydrogens is 524 g/mol. The third-order valence-corrected chi connectivity index (χ3v) is 6.54. The van der Waals surface area contributed by atoms with Crippen LogP contribution in [0.4, 0.5) is 31.1 Å². The molecule has 1 heterocycles. The Morgan fingerprint density at radius 3 is 2.03 bits per heavy atom. The number of rotatable bonds is 7. The van der Waals surface area contributed by atoms with Crippen LogP contribution in [-0.4, -0.2) is 17.6 Å². The maximum atomic E-state index is 13.4. The first-order chi connectivity index (χ1) is 18.4. The predicted molar refractivity (Wildman–Crippen MR) is 131 cm³/mol. The molecule has 0 aliphatic carbocycles. The zero-order valence-corrected chi connectivity index (χ0v) is 20.8. The van der Waals surface area contributed by atoms with Crippen molar-refractivity contribution in [2.24, 2.45) is 0 Å². The molecule has 3 aromatic rings. The van der Waals surface area contributed by atoms with Gasteiger partial charge in [-0.25, -0.2) is 4.79 Å². The molecule has 0 N–H and O–H groups in total. The zero-order chi connectivity index (χ0) is 28.3. The van der Waals surface area contributed by atoms with Crippen molar-refractivity contribution in [1.82, 2.24) is 4.90 Å². The Labute approximate surface area is 221 Å². The minimum atomic E-state index is -4.98. The van der Waals surface area contributed by atoms with E-state index in [0.29, 0.717) is 24.1 Å². The van der Waals surface area contributed by atoms with E-state index in [2.05, 4.69) is 0 Å². The second-order valence-electron chi connectivity index (χ2n) is 9.19. The van der Waals surface area contributed by atoms with E-state index >= 15 is 0 Å². The fraction of sp³-hybridized carbons (Fsp3) is 0.276. The van der Waals surface area contributed by atoms with Crippen LogP contribution in [0.3, 0.4) is 0 Å². The van der Waals surface area contributed by atoms with E-state index in [0.717, 1.165) is 5.56 Å². The number of ether oxygens (including phenoxy) is 2. The van der Waals surface area contributed by atoms with E-state index < -0.39 is 41.2 Å². The number of carbonyl (C=O) groups excluding carboxylic acids is 1. The average Bonchev–Trinajstić information content (AvgIpc) is 3.35. The molecule has 1 amide bonds. The minimum Gasteiger partial charge on any atom is -0.444 e. The molecule has 2 atom stereocenters. The van der Waals surface area contributed by atoms with E-state index in [1.54, 1.807) is 66.9 Å². The Balaban J connectivity index is 1.60. The van der Waals surface area contributed by atoms with Crippen LogP contribution < -0.4 is 0 Å². The molecule has 206 valence electrons. The summed E-state index contributed by atoms with van der Waals surface area (Å²) < 4.78 is 91.7. The predicted octanol–water partition coefficient (Wildman–Crippen LogP) is 8.25. The lowest BCUT2D eigenvalue weighted by Gasteiger charge is -2.38. The average molecular weight is 550 g/mol. The summed E-state index contributed by atoms with van der Waals surface area (Å²) >= 11 is 0. The normalized spacial score (nSPS) is 18.3. The summed E-state index contributed by atoms with van der Waals surface area (Å²) in [6.45, 7) is 1.16. The van der Waals surface area contributed by atoms with Gasteiger partial charge in [0, 0.05) is 6.20 Å². The van der Waals surface area contributed by atoms with E-state index in [1.807, 2.05) is 6.07 Å². The molecule has 0 bridgehead atoms. The minimum absolute atomic E-state index is 0.0105. The lowest BCUT2D eigenvalue weighted by molar-refractivity contribution is -0.143. The molecule has 0 aromatic heterocycles. The Morgan fingerprint density at radius 2 is 1.46 bits per heavy atom. The molecule has 1 aliphatic rings. The van der Waals surface area contributed by atoms with Crippen molar-refractivity contribution in [3.05, 3.63) is 119 Å². The maximum Gasteiger partial charge on any atom is 0.416 e. The molecule has 10 heteroatoms. The molecule has 0 fully saturated rings. The number of hydrogen-bond donors (Lipinski definition) is 0. The molecule has 3 aromatic carbocycles. The summed E-state index contributed by atoms with van der Waals surface area (Å²) in [5, 5.41) is 0. The number of halogens is 6. The summed E-state index contributed by atoms with van der Waals surface area (Å²) in [5.74, 6) is 0. The van der Waals surface area contributed by atoms with Gasteiger partial charge in [0.05, 0.1) is 23.8 Å². The number of benzene rings is 3. The van der Waals surface area contributed by atoms with Crippen LogP contribution in [-0.2, 0) is 34.0 Å². The smallest absolute Gasteiger partial charge is 0.416 e. The van der Waals surface area contributed by atoms with Crippen molar-refractivity contribution in [3.63, 3.8) is 0 Å². The molecule has 0 unspecified atom stereocenters. The SMILES string of the molecule is C[C@@H](OC[C@@]1(c2ccccc2)CC=CN1C(=O)OCc1ccccc1)c1cc(C(F)(F)F)cc(C(F)(F)F)c1. The number of hydrogen-bond acceptors (Lipinski definition) is 3. The number of nitrogens with zero attached hydrogens (tertiary/aromatic N) is 1. The van der Waals surface area contributed by atoms with Gasteiger partial charge in [-0.2, -0.15) is 26.3 Å². The van der Waals surface area contributed by atoms with Crippen molar-refractivity contribution < 1.29 is 40.6 Å². The van der Waals surface area contributed by atoms with Crippen LogP contribution in [0.15, 0.2) is 91.1 Å². The van der Waals surface area contributed by atoms with Gasteiger partial charge in [0.2, 0.25) is 0 Å². The Morgan fingerprint density at radius 1 is 0.897 bits per heavy atom. The highest BCUT2D eigenvalue weighted by atomic mass is 19.4. The highest BCUT2D eigenvalue weighted by Crippen LogP contribution is 2.41. The van der Waals surface area contributed by atoms with Crippen LogP contribution in [0.25, 0.3) is 0 Å². The van der Waals surface area contributed by atoms with Gasteiger partial charge in [-0.05, 0) is 48.2 Å². The molecule has 39 heavy (non-hydrogen) atoms. The van der Waals surface area contributed by atoms with Crippen LogP contribution in [0.2, 0.25) is 0 Å². The number of carbonyl (C=O) groups is 1. The molecule has 4 rings (SSSR count). The molecular formula is C29H25F6NO3. The molecule has 1 aliphatic heterocycles. The van der Waals surface area contributed by atoms with Crippen molar-refractivity contribution in [1.29, 1.82) is 0 Å². The monoisotopic (exact) mass is 549 g/mol. The third kappa shape index (κ3) is 6.44. The molecule has 0 radical (unpaired) electrons. The highest BCUT2D eigenvalue weighted by Gasteiger charge is 2.44. The molecule has 0 spiro atoms. The van der Waals surface area contributed by atoms with E-state index in [1.165, 1.54) is 11.8 Å². The lowest BCUT2D eigenvalue weighted by atomic mass is 9.87. The summed E-state index contributed by atoms with van der Waals surface area (Å²) in [4.78, 5) is 14.5. The van der Waals surface area contributed by atoms with E-state index in [-0.39, 0.29) is 24.8 Å². The molecule has 0 saturated carbocycles. The van der Waals surface area contributed by atoms with Gasteiger partial charge in [-0.15, -0.1) is 0 Å². The Hall–Kier alpha value is -3.79. The zero-order valence-electron chi connectivity index (χ0n) is 20.8. The fourth-order valence-electron chi connectivity index (χ4n) is 4.41. The second-order valence-corrected chi connectivity index (χ2v) is 9.19. The quantitative estimate of drug-likeness (QED) is 0.279. The standard InChI is InChI=1S/C29H25F6NO3/c1-20(22-15-24(28(30,31)32)17-25(16-22)29(33,34)35)39-19-27(23-11-6-3-7-12-23)13-8-14-36(27)26(37)38-18-21-9-4-2-5-10-21/h2-12,14-17,20H,13,18-19H2,1H3/t20-,27-/m1/s1. The van der Waals surface area contributed by atoms with Gasteiger partial charge >= 0.3 is 18.4 Å². The van der Waals surface area contributed by atoms with Crippen molar-refractivity contribution in [2.45, 2.75) is 43.9 Å². The Bertz CT molecular complexity index is 1280. The second kappa shape index (κ2) is 11.1. The van der Waals surface area contributed by atoms with Crippen LogP contribution >= 0.6 is 0 Å². The topological polar surface area (TPSA) is 38.8 Å². The van der Waals surface area contributed by atoms with Crippen molar-refractivity contribution >= 4 is 6.09 Å². The summed E-state index contributed by atoms with van der Waals surface area (Å²) in [7, 11) is 0. The first-order valence-corrected chi connectivity index (χ1v) is 12.0. The fourth-order valence-corrected chi connectivity index (χ4v) is 4.41. The van der Waals surface area contributed by atoms with Crippen LogP contribution in [0, 0.1) is 0 Å². The summed E-state index contributed by atoms with van der Waals surface area (Å²) in [5.41, 5.74) is -2.82. The maximum absolute atomic E-state index is 13.4. The molecule has 4 nitrogen and oxygen atoms in total. The lowest BCUT2D eigenvalue weighted by Crippen LogP contribution is -2.47. The first-order valence-electron chi connectivity index (χ1n) is 12.0. The van der Waals surface area contributed by atoms with Gasteiger partial charge in [0.25, 0.3) is 0 Å². The number of amides is 1. The largest absolute Gasteiger partial charge is 0.444 e. The van der Waals surface area contributed by atoms with Crippen molar-refractivity contribution in [2.75, 3.05) is 6.61 Å². The summed E-state index contributed by atoms with van der Waals surface area (Å²) in [6.07, 6.45) is -8.22. The van der Waals surface area contributed by atoms with E-state index in [9.17, 15) is 31.1 Å². The third-order valence-electron chi connectivity index (χ3n) is 6.54. The van der Waals surface area contributed by atoms with Crippen LogP contribution in [0.5, 0.6) is 0 Å². The number of alkyl halides is 6. The van der Waals surface area contributed by atoms with Crippen LogP contribution in [0.1, 0.15) is 47.3 Å². The van der Waals surface area contributed by atoms with Gasteiger partial charge in [0.1, 0.15) is 12.1 Å². The molecule has 0 saturated heterocycles. The van der Waals surface area contributed by atoms with E-state index in [4.69, 9.17) is 9.47 Å². The van der Waals surface area contributed by atoms with Gasteiger partial charge in [0.15, 0.2) is 0 Å². The van der Waals surface area contributed by atoms with Crippen molar-refractivity contribution in [3.8, 4) is 0 Å². The highest BCUT2D eigenvalue weighted by molar-refractivity contribution is 5.71. The van der Waals surface area contributed by atoms with Gasteiger partial charge in [-0.1, -0.05) is 66.7 Å². The van der Waals surface area contributed by atoms with Gasteiger partial charge in [-0.3, -0.25) is 4.90 Å². The van der Waals surface area contributed by atoms with Gasteiger partial charge < -0.3 is 9.47 Å². The summed E-state index contributed by atoms with van der Waals surface area (Å²) in [6, 6.07) is 19.2. The Kier molecular flexibility index (Phi) is 8.06.